The van der Waals surface area contributed by atoms with Gasteiger partial charge in [0.25, 0.3) is 0 Å². The Morgan fingerprint density at radius 3 is 2.75 bits per heavy atom. The molecule has 1 saturated carbocycles. The summed E-state index contributed by atoms with van der Waals surface area (Å²) in [5, 5.41) is 0. The van der Waals surface area contributed by atoms with Crippen LogP contribution >= 0.6 is 0 Å². The average Bonchev–Trinajstić information content (AvgIpc) is 3.13. The summed E-state index contributed by atoms with van der Waals surface area (Å²) in [6.45, 7) is 6.48. The van der Waals surface area contributed by atoms with Crippen molar-refractivity contribution in [2.24, 2.45) is 17.8 Å². The van der Waals surface area contributed by atoms with Crippen LogP contribution in [0.4, 0.5) is 0 Å². The van der Waals surface area contributed by atoms with E-state index in [1.54, 1.807) is 0 Å². The molecular weight excluding hydrogens is 260 g/mol. The largest absolute Gasteiger partial charge is 0.462 e. The van der Waals surface area contributed by atoms with Crippen molar-refractivity contribution in [3.63, 3.8) is 0 Å². The molecule has 0 radical (unpaired) electrons. The van der Waals surface area contributed by atoms with Gasteiger partial charge in [0.2, 0.25) is 0 Å². The van der Waals surface area contributed by atoms with E-state index in [0.717, 1.165) is 12.8 Å². The minimum atomic E-state index is -0.296. The molecule has 0 aromatic rings. The van der Waals surface area contributed by atoms with Crippen molar-refractivity contribution in [3.8, 4) is 0 Å². The van der Waals surface area contributed by atoms with E-state index in [-0.39, 0.29) is 47.5 Å². The number of epoxide rings is 1. The second-order valence-electron chi connectivity index (χ2n) is 6.48. The van der Waals surface area contributed by atoms with Gasteiger partial charge in [-0.15, -0.1) is 0 Å². The Kier molecular flexibility index (Phi) is 2.38. The number of rotatable bonds is 0. The third-order valence-corrected chi connectivity index (χ3v) is 5.51. The summed E-state index contributed by atoms with van der Waals surface area (Å²) in [5.74, 6) is -0.318. The van der Waals surface area contributed by atoms with Gasteiger partial charge in [-0.2, -0.15) is 0 Å². The lowest BCUT2D eigenvalue weighted by atomic mass is 9.72. The molecular formula is C15H18O5. The van der Waals surface area contributed by atoms with Crippen molar-refractivity contribution in [1.82, 2.24) is 0 Å². The van der Waals surface area contributed by atoms with Gasteiger partial charge in [0.1, 0.15) is 12.2 Å². The van der Waals surface area contributed by atoms with Crippen molar-refractivity contribution in [1.29, 1.82) is 0 Å². The Balaban J connectivity index is 1.75. The number of cyclic esters (lactones) is 1. The number of hydrogen-bond donors (Lipinski definition) is 0. The second-order valence-corrected chi connectivity index (χ2v) is 6.48. The lowest BCUT2D eigenvalue weighted by Gasteiger charge is -2.40. The molecule has 20 heavy (non-hydrogen) atoms. The highest BCUT2D eigenvalue weighted by atomic mass is 16.6. The number of carbonyl (C=O) groups is 2. The number of ether oxygens (including phenoxy) is 3. The highest BCUT2D eigenvalue weighted by Crippen LogP contribution is 2.55. The van der Waals surface area contributed by atoms with Gasteiger partial charge in [-0.25, -0.2) is 4.79 Å². The van der Waals surface area contributed by atoms with Gasteiger partial charge in [-0.05, 0) is 19.8 Å². The smallest absolute Gasteiger partial charge is 0.334 e. The van der Waals surface area contributed by atoms with E-state index in [1.165, 1.54) is 0 Å². The molecule has 3 aliphatic heterocycles. The molecule has 1 spiro atoms. The van der Waals surface area contributed by atoms with E-state index in [9.17, 15) is 9.59 Å². The third-order valence-electron chi connectivity index (χ3n) is 5.51. The van der Waals surface area contributed by atoms with E-state index in [4.69, 9.17) is 14.2 Å². The Labute approximate surface area is 117 Å². The Morgan fingerprint density at radius 2 is 2.05 bits per heavy atom. The molecule has 4 aliphatic rings. The van der Waals surface area contributed by atoms with Crippen LogP contribution < -0.4 is 0 Å². The summed E-state index contributed by atoms with van der Waals surface area (Å²) in [5.41, 5.74) is 0.366. The SMILES string of the molecule is C=C1C(=O)O[C@@H]2C3C(CC(=O)O[C@H]3C)C3(CC[C@@H]12)CO3. The summed E-state index contributed by atoms with van der Waals surface area (Å²) < 4.78 is 16.7. The normalized spacial score (nSPS) is 50.0. The molecule has 3 unspecified atom stereocenters. The van der Waals surface area contributed by atoms with E-state index >= 15 is 0 Å². The molecule has 3 saturated heterocycles. The van der Waals surface area contributed by atoms with E-state index in [0.29, 0.717) is 18.6 Å². The zero-order valence-electron chi connectivity index (χ0n) is 11.5. The van der Waals surface area contributed by atoms with E-state index in [1.807, 2.05) is 6.92 Å². The quantitative estimate of drug-likeness (QED) is 0.378. The lowest BCUT2D eigenvalue weighted by molar-refractivity contribution is -0.173. The summed E-state index contributed by atoms with van der Waals surface area (Å²) in [6, 6.07) is 0. The first-order chi connectivity index (χ1) is 9.52. The summed E-state index contributed by atoms with van der Waals surface area (Å²) >= 11 is 0. The second kappa shape index (κ2) is 3.85. The minimum Gasteiger partial charge on any atom is -0.462 e. The average molecular weight is 278 g/mol. The van der Waals surface area contributed by atoms with Crippen LogP contribution in [-0.4, -0.2) is 36.4 Å². The lowest BCUT2D eigenvalue weighted by Crippen LogP contribution is -2.49. The van der Waals surface area contributed by atoms with Crippen LogP contribution in [0, 0.1) is 17.8 Å². The molecule has 108 valence electrons. The Hall–Kier alpha value is -1.36. The van der Waals surface area contributed by atoms with Crippen molar-refractivity contribution in [2.45, 2.75) is 44.0 Å². The molecule has 4 rings (SSSR count). The maximum absolute atomic E-state index is 11.8. The molecule has 1 aliphatic carbocycles. The van der Waals surface area contributed by atoms with Gasteiger partial charge in [0.05, 0.1) is 18.6 Å². The number of fused-ring (bicyclic) bond motifs is 4. The molecule has 5 heteroatoms. The first-order valence-corrected chi connectivity index (χ1v) is 7.25. The summed E-state index contributed by atoms with van der Waals surface area (Å²) in [4.78, 5) is 23.6. The molecule has 0 bridgehead atoms. The molecule has 0 aromatic carbocycles. The van der Waals surface area contributed by atoms with Crippen molar-refractivity contribution >= 4 is 11.9 Å². The zero-order chi connectivity index (χ0) is 14.1. The highest BCUT2D eigenvalue weighted by molar-refractivity contribution is 5.91. The zero-order valence-corrected chi connectivity index (χ0v) is 11.5. The van der Waals surface area contributed by atoms with Gasteiger partial charge in [-0.3, -0.25) is 4.79 Å². The predicted octanol–water partition coefficient (Wildman–Crippen LogP) is 1.21. The van der Waals surface area contributed by atoms with Crippen LogP contribution in [0.3, 0.4) is 0 Å². The predicted molar refractivity (Wildman–Crippen MR) is 67.6 cm³/mol. The van der Waals surface area contributed by atoms with Crippen LogP contribution in [0.25, 0.3) is 0 Å². The van der Waals surface area contributed by atoms with Crippen LogP contribution in [0.5, 0.6) is 0 Å². The molecule has 6 atom stereocenters. The monoisotopic (exact) mass is 278 g/mol. The van der Waals surface area contributed by atoms with Gasteiger partial charge in [-0.1, -0.05) is 6.58 Å². The van der Waals surface area contributed by atoms with Crippen molar-refractivity contribution in [2.75, 3.05) is 6.61 Å². The fraction of sp³-hybridized carbons (Fsp3) is 0.733. The molecule has 3 heterocycles. The number of esters is 2. The van der Waals surface area contributed by atoms with Gasteiger partial charge in [0, 0.05) is 23.3 Å². The maximum atomic E-state index is 11.8. The molecule has 0 aromatic heterocycles. The standard InChI is InChI=1S/C15H18O5/c1-7-9-3-4-15(6-18-15)10-5-11(16)19-8(2)12(10)13(9)20-14(7)17/h8-10,12-13H,1,3-6H2,2H3/t8-,9-,10?,12?,13-,15?/m0/s1. The van der Waals surface area contributed by atoms with Crippen LogP contribution in [0.1, 0.15) is 26.2 Å². The fourth-order valence-corrected chi connectivity index (χ4v) is 4.36. The van der Waals surface area contributed by atoms with E-state index in [2.05, 4.69) is 6.58 Å². The first kappa shape index (κ1) is 12.4. The minimum absolute atomic E-state index is 0.0194. The molecule has 4 fully saturated rings. The van der Waals surface area contributed by atoms with Gasteiger partial charge >= 0.3 is 11.9 Å². The maximum Gasteiger partial charge on any atom is 0.334 e. The highest BCUT2D eigenvalue weighted by Gasteiger charge is 2.63. The van der Waals surface area contributed by atoms with Crippen molar-refractivity contribution in [3.05, 3.63) is 12.2 Å². The number of carbonyl (C=O) groups excluding carboxylic acids is 2. The van der Waals surface area contributed by atoms with Crippen molar-refractivity contribution < 1.29 is 23.8 Å². The Bertz CT molecular complexity index is 506. The summed E-state index contributed by atoms with van der Waals surface area (Å²) in [6.07, 6.45) is 1.61. The van der Waals surface area contributed by atoms with E-state index < -0.39 is 0 Å². The van der Waals surface area contributed by atoms with Crippen LogP contribution in [-0.2, 0) is 23.8 Å². The van der Waals surface area contributed by atoms with Crippen LogP contribution in [0.15, 0.2) is 12.2 Å². The first-order valence-electron chi connectivity index (χ1n) is 7.25. The molecule has 0 amide bonds. The van der Waals surface area contributed by atoms with Crippen LogP contribution in [0.2, 0.25) is 0 Å². The summed E-state index contributed by atoms with van der Waals surface area (Å²) in [7, 11) is 0. The topological polar surface area (TPSA) is 65.1 Å². The third kappa shape index (κ3) is 1.53. The molecule has 5 nitrogen and oxygen atoms in total. The Morgan fingerprint density at radius 1 is 1.30 bits per heavy atom. The van der Waals surface area contributed by atoms with Gasteiger partial charge in [0.15, 0.2) is 0 Å². The van der Waals surface area contributed by atoms with Gasteiger partial charge < -0.3 is 14.2 Å². The molecule has 0 N–H and O–H groups in total. The number of hydrogen-bond acceptors (Lipinski definition) is 5. The fourth-order valence-electron chi connectivity index (χ4n) is 4.36.